The summed E-state index contributed by atoms with van der Waals surface area (Å²) in [5.74, 6) is 0. The van der Waals surface area contributed by atoms with Crippen LogP contribution in [0, 0.1) is 0 Å². The number of hydrogen-bond acceptors (Lipinski definition) is 4. The molecule has 1 saturated carbocycles. The molecule has 0 spiro atoms. The van der Waals surface area contributed by atoms with Gasteiger partial charge in [0.15, 0.2) is 0 Å². The van der Waals surface area contributed by atoms with Crippen molar-refractivity contribution in [3.05, 3.63) is 34.7 Å². The van der Waals surface area contributed by atoms with Crippen LogP contribution in [0.3, 0.4) is 0 Å². The highest BCUT2D eigenvalue weighted by molar-refractivity contribution is 7.19. The van der Waals surface area contributed by atoms with Crippen LogP contribution in [0.25, 0.3) is 10.1 Å². The molecule has 2 aromatic rings. The van der Waals surface area contributed by atoms with Crippen molar-refractivity contribution in [2.24, 2.45) is 0 Å². The zero-order valence-corrected chi connectivity index (χ0v) is 12.7. The Balaban J connectivity index is 1.75. The maximum atomic E-state index is 5.74. The molecular formula is C16H21NO2S. The van der Waals surface area contributed by atoms with E-state index >= 15 is 0 Å². The molecule has 1 N–H and O–H groups in total. The first-order valence-electron chi connectivity index (χ1n) is 7.18. The molecule has 1 aromatic heterocycles. The lowest BCUT2D eigenvalue weighted by Crippen LogP contribution is -2.15. The Labute approximate surface area is 123 Å². The van der Waals surface area contributed by atoms with Crippen LogP contribution in [-0.4, -0.2) is 26.4 Å². The summed E-state index contributed by atoms with van der Waals surface area (Å²) in [6.45, 7) is 2.94. The van der Waals surface area contributed by atoms with E-state index in [0.717, 1.165) is 12.6 Å². The SMILES string of the molecule is COCCOCc1c(CNC2CC2)sc2ccccc12. The third-order valence-corrected chi connectivity index (χ3v) is 4.80. The summed E-state index contributed by atoms with van der Waals surface area (Å²) in [5, 5.41) is 4.94. The van der Waals surface area contributed by atoms with Crippen LogP contribution in [0.4, 0.5) is 0 Å². The van der Waals surface area contributed by atoms with Gasteiger partial charge in [0, 0.05) is 34.8 Å². The monoisotopic (exact) mass is 291 g/mol. The summed E-state index contributed by atoms with van der Waals surface area (Å²) in [7, 11) is 1.70. The lowest BCUT2D eigenvalue weighted by Gasteiger charge is -2.07. The number of hydrogen-bond donors (Lipinski definition) is 1. The minimum atomic E-state index is 0.649. The van der Waals surface area contributed by atoms with Gasteiger partial charge in [0.2, 0.25) is 0 Å². The molecule has 108 valence electrons. The van der Waals surface area contributed by atoms with Crippen LogP contribution in [0.1, 0.15) is 23.3 Å². The molecule has 1 aliphatic rings. The Hall–Kier alpha value is -0.940. The van der Waals surface area contributed by atoms with Crippen molar-refractivity contribution in [2.75, 3.05) is 20.3 Å². The molecule has 0 aliphatic heterocycles. The quantitative estimate of drug-likeness (QED) is 0.757. The molecule has 20 heavy (non-hydrogen) atoms. The van der Waals surface area contributed by atoms with Crippen molar-refractivity contribution < 1.29 is 9.47 Å². The summed E-state index contributed by atoms with van der Waals surface area (Å²) < 4.78 is 12.1. The number of ether oxygens (including phenoxy) is 2. The molecule has 0 amide bonds. The van der Waals surface area contributed by atoms with Gasteiger partial charge in [0.05, 0.1) is 19.8 Å². The van der Waals surface area contributed by atoms with Crippen molar-refractivity contribution in [1.29, 1.82) is 0 Å². The normalized spacial score (nSPS) is 15.1. The molecule has 0 unspecified atom stereocenters. The van der Waals surface area contributed by atoms with Gasteiger partial charge in [-0.05, 0) is 24.3 Å². The van der Waals surface area contributed by atoms with Crippen molar-refractivity contribution in [3.8, 4) is 0 Å². The zero-order valence-electron chi connectivity index (χ0n) is 11.9. The van der Waals surface area contributed by atoms with E-state index in [2.05, 4.69) is 29.6 Å². The number of nitrogens with one attached hydrogen (secondary N) is 1. The van der Waals surface area contributed by atoms with Crippen LogP contribution in [0.15, 0.2) is 24.3 Å². The van der Waals surface area contributed by atoms with E-state index in [1.165, 1.54) is 33.4 Å². The standard InChI is InChI=1S/C16H21NO2S/c1-18-8-9-19-11-14-13-4-2-3-5-15(13)20-16(14)10-17-12-6-7-12/h2-5,12,17H,6-11H2,1H3. The van der Waals surface area contributed by atoms with Crippen molar-refractivity contribution in [3.63, 3.8) is 0 Å². The Morgan fingerprint density at radius 1 is 1.25 bits per heavy atom. The second kappa shape index (κ2) is 6.68. The highest BCUT2D eigenvalue weighted by atomic mass is 32.1. The van der Waals surface area contributed by atoms with E-state index in [9.17, 15) is 0 Å². The third-order valence-electron chi connectivity index (χ3n) is 3.59. The maximum Gasteiger partial charge on any atom is 0.0735 e. The average molecular weight is 291 g/mol. The summed E-state index contributed by atoms with van der Waals surface area (Å²) >= 11 is 1.88. The highest BCUT2D eigenvalue weighted by Gasteiger charge is 2.21. The van der Waals surface area contributed by atoms with Crippen LogP contribution >= 0.6 is 11.3 Å². The summed E-state index contributed by atoms with van der Waals surface area (Å²) in [4.78, 5) is 1.41. The van der Waals surface area contributed by atoms with Gasteiger partial charge in [-0.15, -0.1) is 11.3 Å². The number of fused-ring (bicyclic) bond motifs is 1. The van der Waals surface area contributed by atoms with Crippen LogP contribution in [0.2, 0.25) is 0 Å². The molecule has 3 rings (SSSR count). The second-order valence-corrected chi connectivity index (χ2v) is 6.34. The third kappa shape index (κ3) is 3.38. The van der Waals surface area contributed by atoms with Crippen LogP contribution in [-0.2, 0) is 22.6 Å². The Morgan fingerprint density at radius 3 is 2.90 bits per heavy atom. The zero-order chi connectivity index (χ0) is 13.8. The van der Waals surface area contributed by atoms with Gasteiger partial charge in [-0.25, -0.2) is 0 Å². The van der Waals surface area contributed by atoms with Crippen molar-refractivity contribution in [2.45, 2.75) is 32.0 Å². The van der Waals surface area contributed by atoms with Gasteiger partial charge in [-0.1, -0.05) is 18.2 Å². The predicted octanol–water partition coefficient (Wildman–Crippen LogP) is 3.32. The lowest BCUT2D eigenvalue weighted by atomic mass is 10.1. The molecular weight excluding hydrogens is 270 g/mol. The Morgan fingerprint density at radius 2 is 2.10 bits per heavy atom. The van der Waals surface area contributed by atoms with Crippen LogP contribution in [0.5, 0.6) is 0 Å². The fraction of sp³-hybridized carbons (Fsp3) is 0.500. The van der Waals surface area contributed by atoms with E-state index in [4.69, 9.17) is 9.47 Å². The largest absolute Gasteiger partial charge is 0.382 e. The molecule has 0 atom stereocenters. The second-order valence-electron chi connectivity index (χ2n) is 5.20. The predicted molar refractivity (Wildman–Crippen MR) is 83.2 cm³/mol. The molecule has 1 aliphatic carbocycles. The first-order valence-corrected chi connectivity index (χ1v) is 7.99. The molecule has 1 fully saturated rings. The molecule has 3 nitrogen and oxygen atoms in total. The fourth-order valence-electron chi connectivity index (χ4n) is 2.29. The minimum Gasteiger partial charge on any atom is -0.382 e. The van der Waals surface area contributed by atoms with Crippen molar-refractivity contribution in [1.82, 2.24) is 5.32 Å². The lowest BCUT2D eigenvalue weighted by molar-refractivity contribution is 0.0620. The number of benzene rings is 1. The van der Waals surface area contributed by atoms with Gasteiger partial charge < -0.3 is 14.8 Å². The van der Waals surface area contributed by atoms with Gasteiger partial charge in [-0.2, -0.15) is 0 Å². The molecule has 4 heteroatoms. The number of rotatable bonds is 8. The minimum absolute atomic E-state index is 0.649. The summed E-state index contributed by atoms with van der Waals surface area (Å²) in [6.07, 6.45) is 2.65. The number of methoxy groups -OCH3 is 1. The van der Waals surface area contributed by atoms with E-state index in [-0.39, 0.29) is 0 Å². The first kappa shape index (κ1) is 14.0. The number of thiophene rings is 1. The van der Waals surface area contributed by atoms with E-state index in [1.54, 1.807) is 7.11 Å². The van der Waals surface area contributed by atoms with Crippen LogP contribution < -0.4 is 5.32 Å². The Bertz CT molecular complexity index is 563. The molecule has 1 aromatic carbocycles. The smallest absolute Gasteiger partial charge is 0.0735 e. The van der Waals surface area contributed by atoms with Gasteiger partial charge >= 0.3 is 0 Å². The topological polar surface area (TPSA) is 30.5 Å². The average Bonchev–Trinajstić information content (AvgIpc) is 3.23. The van der Waals surface area contributed by atoms with E-state index < -0.39 is 0 Å². The Kier molecular flexibility index (Phi) is 4.68. The molecule has 0 bridgehead atoms. The summed E-state index contributed by atoms with van der Waals surface area (Å²) in [6, 6.07) is 9.33. The maximum absolute atomic E-state index is 5.74. The first-order chi connectivity index (χ1) is 9.88. The van der Waals surface area contributed by atoms with Gasteiger partial charge in [0.1, 0.15) is 0 Å². The van der Waals surface area contributed by atoms with E-state index in [0.29, 0.717) is 19.8 Å². The van der Waals surface area contributed by atoms with Gasteiger partial charge in [-0.3, -0.25) is 0 Å². The van der Waals surface area contributed by atoms with Gasteiger partial charge in [0.25, 0.3) is 0 Å². The molecule has 0 radical (unpaired) electrons. The van der Waals surface area contributed by atoms with Crippen molar-refractivity contribution >= 4 is 21.4 Å². The van der Waals surface area contributed by atoms with E-state index in [1.807, 2.05) is 11.3 Å². The summed E-state index contributed by atoms with van der Waals surface area (Å²) in [5.41, 5.74) is 1.34. The fourth-order valence-corrected chi connectivity index (χ4v) is 3.45. The molecule has 0 saturated heterocycles. The molecule has 1 heterocycles. The highest BCUT2D eigenvalue weighted by Crippen LogP contribution is 2.32.